The summed E-state index contributed by atoms with van der Waals surface area (Å²) < 4.78 is 10.1. The number of esters is 2. The highest BCUT2D eigenvalue weighted by atomic mass is 32.1. The molecule has 0 aliphatic carbocycles. The smallest absolute Gasteiger partial charge is 0.350 e. The molecule has 11 heteroatoms. The summed E-state index contributed by atoms with van der Waals surface area (Å²) in [5, 5.41) is 5.89. The Kier molecular flexibility index (Phi) is 7.46. The molecule has 9 nitrogen and oxygen atoms in total. The van der Waals surface area contributed by atoms with Crippen LogP contribution in [0.3, 0.4) is 0 Å². The van der Waals surface area contributed by atoms with Gasteiger partial charge in [-0.25, -0.2) is 14.6 Å². The number of anilines is 1. The fraction of sp³-hybridized carbons (Fsp3) is 0.389. The van der Waals surface area contributed by atoms with Crippen molar-refractivity contribution in [3.63, 3.8) is 0 Å². The molecular weight excluding hydrogens is 418 g/mol. The number of nitrogens with one attached hydrogen (secondary N) is 2. The normalized spacial score (nSPS) is 10.4. The molecule has 0 aliphatic rings. The second-order valence-corrected chi connectivity index (χ2v) is 8.06. The second-order valence-electron chi connectivity index (χ2n) is 5.83. The summed E-state index contributed by atoms with van der Waals surface area (Å²) in [5.41, 5.74) is 1.03. The number of hydrogen-bond donors (Lipinski definition) is 2. The van der Waals surface area contributed by atoms with E-state index in [0.29, 0.717) is 21.1 Å². The molecule has 2 aromatic heterocycles. The molecule has 0 aromatic carbocycles. The zero-order valence-corrected chi connectivity index (χ0v) is 18.3. The van der Waals surface area contributed by atoms with Crippen LogP contribution in [0, 0.1) is 20.8 Å². The van der Waals surface area contributed by atoms with Crippen LogP contribution in [0.5, 0.6) is 0 Å². The van der Waals surface area contributed by atoms with Gasteiger partial charge in [0.05, 0.1) is 27.7 Å². The minimum Gasteiger partial charge on any atom is -0.462 e. The Labute approximate surface area is 175 Å². The maximum atomic E-state index is 12.3. The summed E-state index contributed by atoms with van der Waals surface area (Å²) in [6.45, 7) is 6.28. The predicted octanol–water partition coefficient (Wildman–Crippen LogP) is 2.46. The molecule has 2 rings (SSSR count). The van der Waals surface area contributed by atoms with Gasteiger partial charge in [0.1, 0.15) is 9.88 Å². The monoisotopic (exact) mass is 439 g/mol. The number of rotatable bonds is 7. The van der Waals surface area contributed by atoms with Gasteiger partial charge in [0.25, 0.3) is 11.8 Å². The van der Waals surface area contributed by atoms with Crippen molar-refractivity contribution in [2.24, 2.45) is 0 Å². The number of nitrogens with zero attached hydrogens (tertiary/aromatic N) is 1. The van der Waals surface area contributed by atoms with Crippen molar-refractivity contribution in [2.45, 2.75) is 27.7 Å². The Morgan fingerprint density at radius 2 is 1.69 bits per heavy atom. The zero-order chi connectivity index (χ0) is 21.7. The molecule has 0 bridgehead atoms. The van der Waals surface area contributed by atoms with Gasteiger partial charge in [-0.3, -0.25) is 9.59 Å². The molecule has 0 saturated carbocycles. The number of aromatic nitrogens is 1. The Morgan fingerprint density at radius 3 is 2.24 bits per heavy atom. The van der Waals surface area contributed by atoms with Crippen molar-refractivity contribution in [1.82, 2.24) is 10.3 Å². The molecule has 0 unspecified atom stereocenters. The first-order chi connectivity index (χ1) is 13.7. The van der Waals surface area contributed by atoms with E-state index >= 15 is 0 Å². The molecular formula is C18H21N3O6S2. The van der Waals surface area contributed by atoms with Gasteiger partial charge >= 0.3 is 11.9 Å². The van der Waals surface area contributed by atoms with Crippen LogP contribution in [0.1, 0.15) is 52.9 Å². The van der Waals surface area contributed by atoms with Crippen molar-refractivity contribution in [2.75, 3.05) is 25.6 Å². The summed E-state index contributed by atoms with van der Waals surface area (Å²) in [5.74, 6) is -2.34. The van der Waals surface area contributed by atoms with Crippen molar-refractivity contribution in [3.8, 4) is 0 Å². The van der Waals surface area contributed by atoms with E-state index < -0.39 is 24.5 Å². The molecule has 2 heterocycles. The molecule has 0 saturated heterocycles. The minimum atomic E-state index is -0.653. The number of amides is 2. The van der Waals surface area contributed by atoms with Crippen LogP contribution in [0.4, 0.5) is 5.00 Å². The standard InChI is InChI=1S/C18H21N3O6S2/c1-6-26-17(24)12-8(2)13(15(23)19-5)29-16(12)21-11(22)7-27-18(25)14-9(3)20-10(4)28-14/h6-7H2,1-5H3,(H,19,23)(H,21,22). The molecule has 0 aliphatic heterocycles. The van der Waals surface area contributed by atoms with Gasteiger partial charge in [0.2, 0.25) is 0 Å². The predicted molar refractivity (Wildman–Crippen MR) is 109 cm³/mol. The lowest BCUT2D eigenvalue weighted by Crippen LogP contribution is -2.21. The van der Waals surface area contributed by atoms with Crippen LogP contribution in [0.25, 0.3) is 0 Å². The third-order valence-electron chi connectivity index (χ3n) is 3.74. The first kappa shape index (κ1) is 22.5. The molecule has 0 spiro atoms. The van der Waals surface area contributed by atoms with Crippen LogP contribution in [-0.4, -0.2) is 49.0 Å². The number of aryl methyl sites for hydroxylation is 2. The fourth-order valence-corrected chi connectivity index (χ4v) is 4.43. The molecule has 2 amide bonds. The average Bonchev–Trinajstić information content (AvgIpc) is 3.17. The lowest BCUT2D eigenvalue weighted by Gasteiger charge is -2.07. The van der Waals surface area contributed by atoms with E-state index in [0.717, 1.165) is 11.3 Å². The van der Waals surface area contributed by atoms with Gasteiger partial charge < -0.3 is 20.1 Å². The summed E-state index contributed by atoms with van der Waals surface area (Å²) >= 11 is 2.12. The summed E-state index contributed by atoms with van der Waals surface area (Å²) in [4.78, 5) is 53.5. The van der Waals surface area contributed by atoms with Crippen molar-refractivity contribution >= 4 is 51.4 Å². The van der Waals surface area contributed by atoms with Crippen LogP contribution < -0.4 is 10.6 Å². The SMILES string of the molecule is CCOC(=O)c1c(NC(=O)COC(=O)c2sc(C)nc2C)sc(C(=O)NC)c1C. The Balaban J connectivity index is 2.16. The molecule has 2 N–H and O–H groups in total. The number of thiazole rings is 1. The van der Waals surface area contributed by atoms with Gasteiger partial charge in [-0.1, -0.05) is 0 Å². The molecule has 0 fully saturated rings. The Hall–Kier alpha value is -2.79. The lowest BCUT2D eigenvalue weighted by molar-refractivity contribution is -0.119. The van der Waals surface area contributed by atoms with E-state index in [9.17, 15) is 19.2 Å². The third kappa shape index (κ3) is 5.18. The van der Waals surface area contributed by atoms with Gasteiger partial charge in [0.15, 0.2) is 6.61 Å². The fourth-order valence-electron chi connectivity index (χ4n) is 2.46. The number of carbonyl (C=O) groups excluding carboxylic acids is 4. The van der Waals surface area contributed by atoms with Gasteiger partial charge in [-0.2, -0.15) is 0 Å². The topological polar surface area (TPSA) is 124 Å². The number of hydrogen-bond acceptors (Lipinski definition) is 9. The van der Waals surface area contributed by atoms with Crippen LogP contribution in [0.15, 0.2) is 0 Å². The summed E-state index contributed by atoms with van der Waals surface area (Å²) in [6, 6.07) is 0. The zero-order valence-electron chi connectivity index (χ0n) is 16.6. The van der Waals surface area contributed by atoms with Gasteiger partial charge in [-0.05, 0) is 33.3 Å². The van der Waals surface area contributed by atoms with Crippen molar-refractivity contribution in [3.05, 3.63) is 31.6 Å². The number of thiophene rings is 1. The molecule has 0 radical (unpaired) electrons. The van der Waals surface area contributed by atoms with Crippen LogP contribution in [0.2, 0.25) is 0 Å². The van der Waals surface area contributed by atoms with E-state index in [1.54, 1.807) is 27.7 Å². The Bertz CT molecular complexity index is 963. The number of carbonyl (C=O) groups is 4. The van der Waals surface area contributed by atoms with Crippen molar-refractivity contribution in [1.29, 1.82) is 0 Å². The van der Waals surface area contributed by atoms with E-state index in [2.05, 4.69) is 15.6 Å². The maximum absolute atomic E-state index is 12.3. The third-order valence-corrected chi connectivity index (χ3v) is 5.99. The van der Waals surface area contributed by atoms with Gasteiger partial charge in [-0.15, -0.1) is 22.7 Å². The summed E-state index contributed by atoms with van der Waals surface area (Å²) in [7, 11) is 1.46. The Morgan fingerprint density at radius 1 is 1.00 bits per heavy atom. The average molecular weight is 440 g/mol. The minimum absolute atomic E-state index is 0.101. The largest absolute Gasteiger partial charge is 0.462 e. The van der Waals surface area contributed by atoms with Crippen LogP contribution in [-0.2, 0) is 14.3 Å². The van der Waals surface area contributed by atoms with E-state index in [4.69, 9.17) is 9.47 Å². The van der Waals surface area contributed by atoms with Crippen LogP contribution >= 0.6 is 22.7 Å². The van der Waals surface area contributed by atoms with E-state index in [-0.39, 0.29) is 28.0 Å². The first-order valence-corrected chi connectivity index (χ1v) is 10.3. The molecule has 2 aromatic rings. The number of ether oxygens (including phenoxy) is 2. The molecule has 29 heavy (non-hydrogen) atoms. The molecule has 0 atom stereocenters. The maximum Gasteiger partial charge on any atom is 0.350 e. The molecule has 156 valence electrons. The summed E-state index contributed by atoms with van der Waals surface area (Å²) in [6.07, 6.45) is 0. The first-order valence-electron chi connectivity index (χ1n) is 8.63. The van der Waals surface area contributed by atoms with E-state index in [1.165, 1.54) is 18.4 Å². The lowest BCUT2D eigenvalue weighted by atomic mass is 10.1. The van der Waals surface area contributed by atoms with Gasteiger partial charge in [0, 0.05) is 7.05 Å². The highest BCUT2D eigenvalue weighted by Gasteiger charge is 2.26. The highest BCUT2D eigenvalue weighted by Crippen LogP contribution is 2.33. The van der Waals surface area contributed by atoms with Crippen molar-refractivity contribution < 1.29 is 28.7 Å². The quantitative estimate of drug-likeness (QED) is 0.635. The van der Waals surface area contributed by atoms with E-state index in [1.807, 2.05) is 0 Å². The highest BCUT2D eigenvalue weighted by molar-refractivity contribution is 7.18. The second kappa shape index (κ2) is 9.61.